The number of halogens is 1. The molecule has 2 aromatic carbocycles. The number of benzene rings is 2. The number of carbonyl (C=O) groups is 4. The summed E-state index contributed by atoms with van der Waals surface area (Å²) in [6.45, 7) is 0.360. The lowest BCUT2D eigenvalue weighted by Gasteiger charge is -2.44. The second kappa shape index (κ2) is 15.4. The summed E-state index contributed by atoms with van der Waals surface area (Å²) in [5, 5.41) is 3.39. The van der Waals surface area contributed by atoms with Crippen LogP contribution in [0.25, 0.3) is 10.4 Å². The van der Waals surface area contributed by atoms with Crippen molar-refractivity contribution in [1.82, 2.24) is 0 Å². The summed E-state index contributed by atoms with van der Waals surface area (Å²) in [6, 6.07) is 16.0. The number of ether oxygens (including phenoxy) is 6. The molecule has 14 heteroatoms. The van der Waals surface area contributed by atoms with Crippen LogP contribution in [-0.4, -0.2) is 80.2 Å². The van der Waals surface area contributed by atoms with Crippen molar-refractivity contribution in [3.05, 3.63) is 82.2 Å². The number of azide groups is 1. The largest absolute Gasteiger partial charge is 0.459 e. The molecule has 212 valence electrons. The molecule has 2 aromatic rings. The van der Waals surface area contributed by atoms with Crippen molar-refractivity contribution in [3.63, 3.8) is 0 Å². The Morgan fingerprint density at radius 2 is 1.52 bits per heavy atom. The van der Waals surface area contributed by atoms with Gasteiger partial charge in [-0.3, -0.25) is 9.59 Å². The second-order valence-corrected chi connectivity index (χ2v) is 8.50. The SMILES string of the molecule is CC(=O)O[C@@H]1[C@H](OC(=O)CCl)[C@@H](OC(=O)c2ccccc2)[C@H](OCCN=[N+]=[N-])O[C@@H]1COC(=O)c1ccccc1. The molecule has 0 radical (unpaired) electrons. The van der Waals surface area contributed by atoms with Crippen LogP contribution in [0.3, 0.4) is 0 Å². The first kappa shape index (κ1) is 30.4. The maximum absolute atomic E-state index is 13.0. The summed E-state index contributed by atoms with van der Waals surface area (Å²) < 4.78 is 33.6. The van der Waals surface area contributed by atoms with Crippen molar-refractivity contribution in [3.8, 4) is 0 Å². The van der Waals surface area contributed by atoms with Gasteiger partial charge in [-0.2, -0.15) is 0 Å². The van der Waals surface area contributed by atoms with E-state index in [1.165, 1.54) is 12.1 Å². The Hall–Kier alpha value is -4.16. The summed E-state index contributed by atoms with van der Waals surface area (Å²) >= 11 is 5.67. The minimum absolute atomic E-state index is 0.108. The highest BCUT2D eigenvalue weighted by Gasteiger charge is 2.53. The van der Waals surface area contributed by atoms with E-state index >= 15 is 0 Å². The van der Waals surface area contributed by atoms with Gasteiger partial charge in [-0.25, -0.2) is 9.59 Å². The Morgan fingerprint density at radius 3 is 2.10 bits per heavy atom. The summed E-state index contributed by atoms with van der Waals surface area (Å²) in [7, 11) is 0. The van der Waals surface area contributed by atoms with Crippen molar-refractivity contribution >= 4 is 35.5 Å². The van der Waals surface area contributed by atoms with E-state index in [0.717, 1.165) is 6.92 Å². The Kier molecular flexibility index (Phi) is 11.7. The number of rotatable bonds is 12. The molecular formula is C26H26ClN3O10. The molecule has 0 bridgehead atoms. The van der Waals surface area contributed by atoms with E-state index in [0.29, 0.717) is 0 Å². The number of esters is 4. The molecule has 0 unspecified atom stereocenters. The van der Waals surface area contributed by atoms with Crippen LogP contribution in [0.5, 0.6) is 0 Å². The number of nitrogens with zero attached hydrogens (tertiary/aromatic N) is 3. The lowest BCUT2D eigenvalue weighted by molar-refractivity contribution is -0.303. The van der Waals surface area contributed by atoms with Gasteiger partial charge in [0.1, 0.15) is 18.6 Å². The molecular weight excluding hydrogens is 550 g/mol. The van der Waals surface area contributed by atoms with Crippen LogP contribution in [0.1, 0.15) is 27.6 Å². The number of alkyl halides is 1. The van der Waals surface area contributed by atoms with Gasteiger partial charge in [0.15, 0.2) is 24.6 Å². The monoisotopic (exact) mass is 575 g/mol. The molecule has 1 saturated heterocycles. The topological polar surface area (TPSA) is 172 Å². The second-order valence-electron chi connectivity index (χ2n) is 8.23. The normalized spacial score (nSPS) is 21.8. The van der Waals surface area contributed by atoms with Crippen molar-refractivity contribution in [2.75, 3.05) is 25.6 Å². The van der Waals surface area contributed by atoms with Crippen molar-refractivity contribution in [2.45, 2.75) is 37.6 Å². The molecule has 0 spiro atoms. The van der Waals surface area contributed by atoms with Crippen LogP contribution < -0.4 is 0 Å². The van der Waals surface area contributed by atoms with Gasteiger partial charge in [0.2, 0.25) is 0 Å². The average Bonchev–Trinajstić information content (AvgIpc) is 2.97. The molecule has 1 fully saturated rings. The lowest BCUT2D eigenvalue weighted by Crippen LogP contribution is -2.63. The van der Waals surface area contributed by atoms with Crippen molar-refractivity contribution in [1.29, 1.82) is 0 Å². The van der Waals surface area contributed by atoms with E-state index in [1.807, 2.05) is 0 Å². The molecule has 13 nitrogen and oxygen atoms in total. The van der Waals surface area contributed by atoms with Gasteiger partial charge in [-0.05, 0) is 29.8 Å². The third kappa shape index (κ3) is 8.68. The molecule has 1 aliphatic rings. The molecule has 0 amide bonds. The van der Waals surface area contributed by atoms with Gasteiger partial charge in [-0.1, -0.05) is 41.5 Å². The predicted molar refractivity (Wildman–Crippen MR) is 137 cm³/mol. The van der Waals surface area contributed by atoms with E-state index in [4.69, 9.17) is 45.6 Å². The highest BCUT2D eigenvalue weighted by atomic mass is 35.5. The smallest absolute Gasteiger partial charge is 0.338 e. The molecule has 0 aromatic heterocycles. The van der Waals surface area contributed by atoms with Gasteiger partial charge >= 0.3 is 23.9 Å². The van der Waals surface area contributed by atoms with Crippen LogP contribution in [0.4, 0.5) is 0 Å². The summed E-state index contributed by atoms with van der Waals surface area (Å²) in [6.07, 6.45) is -7.03. The third-order valence-electron chi connectivity index (χ3n) is 5.45. The Balaban J connectivity index is 1.94. The van der Waals surface area contributed by atoms with Crippen LogP contribution >= 0.6 is 11.6 Å². The number of carbonyl (C=O) groups excluding carboxylic acids is 4. The molecule has 1 heterocycles. The molecule has 0 saturated carbocycles. The van der Waals surface area contributed by atoms with Crippen LogP contribution in [0, 0.1) is 0 Å². The van der Waals surface area contributed by atoms with Crippen LogP contribution in [-0.2, 0) is 38.0 Å². The lowest BCUT2D eigenvalue weighted by atomic mass is 9.98. The molecule has 0 aliphatic carbocycles. The van der Waals surface area contributed by atoms with E-state index in [1.54, 1.807) is 48.5 Å². The van der Waals surface area contributed by atoms with Crippen LogP contribution in [0.15, 0.2) is 65.8 Å². The maximum atomic E-state index is 13.0. The van der Waals surface area contributed by atoms with E-state index in [-0.39, 0.29) is 24.3 Å². The quantitative estimate of drug-likeness (QED) is 0.0695. The van der Waals surface area contributed by atoms with E-state index in [9.17, 15) is 19.2 Å². The fourth-order valence-electron chi connectivity index (χ4n) is 3.76. The number of hydrogen-bond acceptors (Lipinski definition) is 11. The maximum Gasteiger partial charge on any atom is 0.338 e. The molecule has 3 rings (SSSR count). The Labute approximate surface area is 233 Å². The van der Waals surface area contributed by atoms with Gasteiger partial charge in [-0.15, -0.1) is 11.6 Å². The van der Waals surface area contributed by atoms with E-state index in [2.05, 4.69) is 10.0 Å². The highest BCUT2D eigenvalue weighted by Crippen LogP contribution is 2.30. The summed E-state index contributed by atoms with van der Waals surface area (Å²) in [5.74, 6) is -3.78. The van der Waals surface area contributed by atoms with Crippen molar-refractivity contribution < 1.29 is 47.6 Å². The van der Waals surface area contributed by atoms with Gasteiger partial charge in [0.25, 0.3) is 0 Å². The average molecular weight is 576 g/mol. The summed E-state index contributed by atoms with van der Waals surface area (Å²) in [5.41, 5.74) is 9.00. The van der Waals surface area contributed by atoms with Crippen molar-refractivity contribution in [2.24, 2.45) is 5.11 Å². The zero-order chi connectivity index (χ0) is 28.9. The highest BCUT2D eigenvalue weighted by molar-refractivity contribution is 6.26. The fraction of sp³-hybridized carbons (Fsp3) is 0.385. The molecule has 0 N–H and O–H groups in total. The molecule has 40 heavy (non-hydrogen) atoms. The zero-order valence-corrected chi connectivity index (χ0v) is 22.0. The third-order valence-corrected chi connectivity index (χ3v) is 5.67. The number of hydrogen-bond donors (Lipinski definition) is 0. The summed E-state index contributed by atoms with van der Waals surface area (Å²) in [4.78, 5) is 52.6. The first-order valence-electron chi connectivity index (χ1n) is 12.0. The first-order valence-corrected chi connectivity index (χ1v) is 12.6. The van der Waals surface area contributed by atoms with Gasteiger partial charge in [0.05, 0.1) is 17.7 Å². The van der Waals surface area contributed by atoms with Gasteiger partial charge < -0.3 is 28.4 Å². The predicted octanol–water partition coefficient (Wildman–Crippen LogP) is 3.20. The molecule has 1 aliphatic heterocycles. The minimum atomic E-state index is -1.48. The van der Waals surface area contributed by atoms with Crippen LogP contribution in [0.2, 0.25) is 0 Å². The Morgan fingerprint density at radius 1 is 0.900 bits per heavy atom. The Bertz CT molecular complexity index is 1210. The van der Waals surface area contributed by atoms with E-state index < -0.39 is 67.1 Å². The minimum Gasteiger partial charge on any atom is -0.459 e. The first-order chi connectivity index (χ1) is 19.3. The molecule has 5 atom stereocenters. The standard InChI is InChI=1S/C26H26ClN3O10/c1-16(31)37-21-19(15-36-24(33)17-8-4-2-5-9-17)38-26(35-13-12-29-30-28)23(22(21)39-20(32)14-27)40-25(34)18-10-6-3-7-11-18/h2-11,19,21-23,26H,12-15H2,1H3/t19-,21+,22+,23-,26-/m1/s1. The zero-order valence-electron chi connectivity index (χ0n) is 21.3. The fourth-order valence-corrected chi connectivity index (χ4v) is 3.82. The van der Waals surface area contributed by atoms with Gasteiger partial charge in [0, 0.05) is 18.4 Å².